The molecule has 1 atom stereocenters. The maximum absolute atomic E-state index is 12.6. The van der Waals surface area contributed by atoms with Crippen molar-refractivity contribution in [2.75, 3.05) is 25.5 Å². The number of anilines is 1. The zero-order chi connectivity index (χ0) is 32.8. The highest BCUT2D eigenvalue weighted by molar-refractivity contribution is 5.91. The summed E-state index contributed by atoms with van der Waals surface area (Å²) in [5.41, 5.74) is 2.49. The molecule has 3 aromatic rings. The Kier molecular flexibility index (Phi) is 12.3. The Morgan fingerprint density at radius 2 is 1.42 bits per heavy atom. The molecular weight excluding hydrogens is 601 g/mol. The molecule has 0 aliphatic heterocycles. The van der Waals surface area contributed by atoms with E-state index in [2.05, 4.69) is 31.0 Å². The van der Waals surface area contributed by atoms with Crippen LogP contribution >= 0.6 is 0 Å². The number of nitrogens with one attached hydrogen (secondary N) is 4. The normalized spacial score (nSPS) is 11.4. The van der Waals surface area contributed by atoms with Gasteiger partial charge in [0.1, 0.15) is 5.75 Å². The van der Waals surface area contributed by atoms with Gasteiger partial charge in [0.2, 0.25) is 11.8 Å². The highest BCUT2D eigenvalue weighted by Gasteiger charge is 2.43. The van der Waals surface area contributed by atoms with Gasteiger partial charge < -0.3 is 26.0 Å². The van der Waals surface area contributed by atoms with Gasteiger partial charge in [0, 0.05) is 13.0 Å². The minimum Gasteiger partial charge on any atom is -0.495 e. The number of benzene rings is 3. The number of alkyl halides is 3. The summed E-state index contributed by atoms with van der Waals surface area (Å²) in [4.78, 5) is 67.6. The molecule has 1 unspecified atom stereocenters. The molecule has 0 heterocycles. The molecule has 238 valence electrons. The van der Waals surface area contributed by atoms with E-state index in [-0.39, 0.29) is 13.0 Å². The topological polar surface area (TPSA) is 161 Å². The van der Waals surface area contributed by atoms with E-state index >= 15 is 0 Å². The molecule has 3 aromatic carbocycles. The van der Waals surface area contributed by atoms with Crippen LogP contribution < -0.4 is 26.0 Å². The van der Waals surface area contributed by atoms with Gasteiger partial charge in [-0.1, -0.05) is 66.7 Å². The Bertz CT molecular complexity index is 1480. The molecule has 0 fully saturated rings. The number of hydrogen-bond acceptors (Lipinski definition) is 8. The maximum atomic E-state index is 12.6. The van der Waals surface area contributed by atoms with Gasteiger partial charge >= 0.3 is 24.1 Å². The second kappa shape index (κ2) is 16.3. The molecule has 3 rings (SSSR count). The number of amides is 4. The maximum Gasteiger partial charge on any atom is 0.495 e. The van der Waals surface area contributed by atoms with Crippen LogP contribution in [0.3, 0.4) is 0 Å². The Labute approximate surface area is 255 Å². The van der Waals surface area contributed by atoms with Crippen molar-refractivity contribution in [3.05, 3.63) is 84.4 Å². The van der Waals surface area contributed by atoms with Gasteiger partial charge in [-0.15, -0.1) is 0 Å². The van der Waals surface area contributed by atoms with Crippen molar-refractivity contribution in [2.24, 2.45) is 0 Å². The Balaban J connectivity index is 1.54. The van der Waals surface area contributed by atoms with E-state index in [4.69, 9.17) is 4.74 Å². The van der Waals surface area contributed by atoms with Crippen LogP contribution in [0.15, 0.2) is 78.9 Å². The van der Waals surface area contributed by atoms with E-state index in [1.54, 1.807) is 48.5 Å². The van der Waals surface area contributed by atoms with Crippen molar-refractivity contribution < 1.29 is 51.7 Å². The van der Waals surface area contributed by atoms with Crippen LogP contribution in [0, 0.1) is 0 Å². The summed E-state index contributed by atoms with van der Waals surface area (Å²) in [6, 6.07) is 20.8. The molecule has 4 amide bonds. The van der Waals surface area contributed by atoms with Crippen LogP contribution in [0.1, 0.15) is 24.4 Å². The predicted molar refractivity (Wildman–Crippen MR) is 153 cm³/mol. The third-order valence-corrected chi connectivity index (χ3v) is 6.01. The Morgan fingerprint density at radius 1 is 0.778 bits per heavy atom. The fraction of sp³-hybridized carbons (Fsp3) is 0.233. The van der Waals surface area contributed by atoms with Gasteiger partial charge in [-0.2, -0.15) is 13.2 Å². The molecule has 0 spiro atoms. The van der Waals surface area contributed by atoms with Crippen molar-refractivity contribution in [3.63, 3.8) is 0 Å². The number of methoxy groups -OCH3 is 1. The lowest BCUT2D eigenvalue weighted by Gasteiger charge is -2.19. The van der Waals surface area contributed by atoms with Crippen LogP contribution in [0.2, 0.25) is 0 Å². The van der Waals surface area contributed by atoms with Gasteiger partial charge in [0.15, 0.2) is 0 Å². The fourth-order valence-electron chi connectivity index (χ4n) is 3.84. The van der Waals surface area contributed by atoms with Crippen molar-refractivity contribution in [1.82, 2.24) is 16.0 Å². The van der Waals surface area contributed by atoms with Gasteiger partial charge in [-0.05, 0) is 28.8 Å². The zero-order valence-corrected chi connectivity index (χ0v) is 23.8. The van der Waals surface area contributed by atoms with Crippen molar-refractivity contribution >= 4 is 35.5 Å². The van der Waals surface area contributed by atoms with E-state index < -0.39 is 55.0 Å². The van der Waals surface area contributed by atoms with E-state index in [9.17, 15) is 37.1 Å². The molecule has 0 aliphatic carbocycles. The van der Waals surface area contributed by atoms with Crippen LogP contribution in [-0.4, -0.2) is 56.2 Å². The standard InChI is InChI=1S/C30H29F3N4O8/c1-43-24-10-6-5-9-22(24)37-29(42)34-16-15-25(38)35-18-26(39)36-23(17-27(40)44-45-28(41)30(31,32)33)21-13-11-20(12-14-21)19-7-3-2-4-8-19/h2-14,23H,15-18H2,1H3,(H,35,38)(H,36,39)(H2,34,37,42). The molecule has 0 radical (unpaired) electrons. The molecular formula is C30H29F3N4O8. The van der Waals surface area contributed by atoms with Crippen LogP contribution in [-0.2, 0) is 29.0 Å². The first-order valence-electron chi connectivity index (χ1n) is 13.3. The second-order valence-electron chi connectivity index (χ2n) is 9.24. The van der Waals surface area contributed by atoms with Crippen molar-refractivity contribution in [1.29, 1.82) is 0 Å². The first-order chi connectivity index (χ1) is 21.5. The van der Waals surface area contributed by atoms with Crippen molar-refractivity contribution in [2.45, 2.75) is 25.1 Å². The summed E-state index contributed by atoms with van der Waals surface area (Å²) in [5.74, 6) is -4.98. The first kappa shape index (κ1) is 33.9. The highest BCUT2D eigenvalue weighted by atomic mass is 19.4. The number of rotatable bonds is 12. The summed E-state index contributed by atoms with van der Waals surface area (Å²) in [7, 11) is 1.45. The largest absolute Gasteiger partial charge is 0.495 e. The third kappa shape index (κ3) is 11.2. The number of carbonyl (C=O) groups excluding carboxylic acids is 5. The monoisotopic (exact) mass is 630 g/mol. The van der Waals surface area contributed by atoms with E-state index in [1.807, 2.05) is 30.3 Å². The molecule has 0 aliphatic rings. The summed E-state index contributed by atoms with van der Waals surface area (Å²) < 4.78 is 42.3. The lowest BCUT2D eigenvalue weighted by molar-refractivity contribution is -0.286. The minimum atomic E-state index is -5.38. The first-order valence-corrected chi connectivity index (χ1v) is 13.3. The van der Waals surface area contributed by atoms with E-state index in [0.29, 0.717) is 17.0 Å². The minimum absolute atomic E-state index is 0.0622. The number of carbonyl (C=O) groups is 5. The molecule has 4 N–H and O–H groups in total. The third-order valence-electron chi connectivity index (χ3n) is 6.01. The Morgan fingerprint density at radius 3 is 2.09 bits per heavy atom. The van der Waals surface area contributed by atoms with Gasteiger partial charge in [0.05, 0.1) is 31.8 Å². The Hall–Kier alpha value is -5.60. The van der Waals surface area contributed by atoms with Crippen LogP contribution in [0.25, 0.3) is 11.1 Å². The van der Waals surface area contributed by atoms with Gasteiger partial charge in [-0.25, -0.2) is 24.2 Å². The lowest BCUT2D eigenvalue weighted by atomic mass is 9.99. The average molecular weight is 631 g/mol. The smallest absolute Gasteiger partial charge is 0.495 e. The summed E-state index contributed by atoms with van der Waals surface area (Å²) >= 11 is 0. The quantitative estimate of drug-likeness (QED) is 0.174. The molecule has 15 heteroatoms. The molecule has 45 heavy (non-hydrogen) atoms. The number of halogens is 3. The zero-order valence-electron chi connectivity index (χ0n) is 23.8. The van der Waals surface area contributed by atoms with Gasteiger partial charge in [-0.3, -0.25) is 9.59 Å². The van der Waals surface area contributed by atoms with Crippen molar-refractivity contribution in [3.8, 4) is 16.9 Å². The summed E-state index contributed by atoms with van der Waals surface area (Å²) in [6.45, 7) is -0.587. The highest BCUT2D eigenvalue weighted by Crippen LogP contribution is 2.25. The number of ether oxygens (including phenoxy) is 1. The SMILES string of the molecule is COc1ccccc1NC(=O)NCCC(=O)NCC(=O)NC(CC(=O)OOC(=O)C(F)(F)F)c1ccc(-c2ccccc2)cc1. The molecule has 0 bridgehead atoms. The second-order valence-corrected chi connectivity index (χ2v) is 9.24. The summed E-state index contributed by atoms with van der Waals surface area (Å²) in [5, 5.41) is 9.95. The van der Waals surface area contributed by atoms with E-state index in [1.165, 1.54) is 7.11 Å². The van der Waals surface area contributed by atoms with E-state index in [0.717, 1.165) is 11.1 Å². The fourth-order valence-corrected chi connectivity index (χ4v) is 3.84. The predicted octanol–water partition coefficient (Wildman–Crippen LogP) is 3.80. The molecule has 12 nitrogen and oxygen atoms in total. The lowest BCUT2D eigenvalue weighted by Crippen LogP contribution is -2.40. The number of urea groups is 1. The van der Waals surface area contributed by atoms with Crippen LogP contribution in [0.5, 0.6) is 5.75 Å². The number of hydrogen-bond donors (Lipinski definition) is 4. The number of para-hydroxylation sites is 2. The summed E-state index contributed by atoms with van der Waals surface area (Å²) in [6.07, 6.45) is -6.26. The molecule has 0 saturated heterocycles. The average Bonchev–Trinajstić information content (AvgIpc) is 3.02. The van der Waals surface area contributed by atoms with Crippen LogP contribution in [0.4, 0.5) is 23.7 Å². The molecule has 0 saturated carbocycles. The van der Waals surface area contributed by atoms with Gasteiger partial charge in [0.25, 0.3) is 0 Å². The molecule has 0 aromatic heterocycles.